The van der Waals surface area contributed by atoms with Crippen LogP contribution in [0.3, 0.4) is 0 Å². The number of carbonyl (C=O) groups is 1. The number of nitro groups is 1. The summed E-state index contributed by atoms with van der Waals surface area (Å²) < 4.78 is 5.28. The topological polar surface area (TPSA) is 95.7 Å². The Morgan fingerprint density at radius 2 is 1.82 bits per heavy atom. The van der Waals surface area contributed by atoms with Gasteiger partial charge in [0, 0.05) is 23.2 Å². The second-order valence-corrected chi connectivity index (χ2v) is 6.69. The molecule has 0 spiro atoms. The van der Waals surface area contributed by atoms with Gasteiger partial charge in [-0.05, 0) is 46.2 Å². The lowest BCUT2D eigenvalue weighted by Gasteiger charge is -2.47. The quantitative estimate of drug-likeness (QED) is 0.369. The Morgan fingerprint density at radius 1 is 1.27 bits per heavy atom. The molecule has 1 aromatic carbocycles. The van der Waals surface area contributed by atoms with Crippen molar-refractivity contribution in [3.63, 3.8) is 0 Å². The fourth-order valence-electron chi connectivity index (χ4n) is 2.95. The molecule has 0 aliphatic carbocycles. The number of esters is 1. The van der Waals surface area contributed by atoms with E-state index in [4.69, 9.17) is 4.74 Å². The molecule has 120 valence electrons. The number of ether oxygens (including phenoxy) is 1. The predicted molar refractivity (Wildman–Crippen MR) is 80.2 cm³/mol. The van der Waals surface area contributed by atoms with Crippen LogP contribution < -0.4 is 4.74 Å². The van der Waals surface area contributed by atoms with Crippen LogP contribution >= 0.6 is 0 Å². The first-order chi connectivity index (χ1) is 10.1. The molecule has 1 aliphatic heterocycles. The maximum Gasteiger partial charge on any atom is 0.316 e. The first-order valence-corrected chi connectivity index (χ1v) is 6.99. The van der Waals surface area contributed by atoms with Crippen molar-refractivity contribution >= 4 is 11.7 Å². The molecule has 0 radical (unpaired) electrons. The smallest absolute Gasteiger partial charge is 0.316 e. The van der Waals surface area contributed by atoms with E-state index >= 15 is 0 Å². The summed E-state index contributed by atoms with van der Waals surface area (Å²) in [7, 11) is 0. The van der Waals surface area contributed by atoms with E-state index in [9.17, 15) is 20.1 Å². The molecule has 7 heteroatoms. The summed E-state index contributed by atoms with van der Waals surface area (Å²) in [6.45, 7) is 7.02. The molecular formula is C15H19N2O5-. The van der Waals surface area contributed by atoms with Gasteiger partial charge in [0.2, 0.25) is 0 Å². The Kier molecular flexibility index (Phi) is 3.97. The molecule has 1 aliphatic rings. The van der Waals surface area contributed by atoms with Gasteiger partial charge < -0.3 is 15.0 Å². The van der Waals surface area contributed by atoms with Gasteiger partial charge in [-0.25, -0.2) is 0 Å². The highest BCUT2D eigenvalue weighted by Crippen LogP contribution is 2.44. The van der Waals surface area contributed by atoms with E-state index in [0.29, 0.717) is 6.42 Å². The van der Waals surface area contributed by atoms with Crippen molar-refractivity contribution in [1.29, 1.82) is 0 Å². The first-order valence-electron chi connectivity index (χ1n) is 6.99. The lowest BCUT2D eigenvalue weighted by Crippen LogP contribution is -2.47. The summed E-state index contributed by atoms with van der Waals surface area (Å²) in [6.07, 6.45) is 0.398. The number of carbonyl (C=O) groups excluding carboxylic acids is 1. The van der Waals surface area contributed by atoms with E-state index in [1.807, 2.05) is 0 Å². The van der Waals surface area contributed by atoms with E-state index < -0.39 is 27.9 Å². The van der Waals surface area contributed by atoms with Gasteiger partial charge in [0.1, 0.15) is 5.75 Å². The van der Waals surface area contributed by atoms with Crippen LogP contribution in [0.1, 0.15) is 34.1 Å². The highest BCUT2D eigenvalue weighted by molar-refractivity contribution is 5.77. The summed E-state index contributed by atoms with van der Waals surface area (Å²) in [4.78, 5) is 22.4. The van der Waals surface area contributed by atoms with Gasteiger partial charge in [-0.2, -0.15) is 0 Å². The Labute approximate surface area is 128 Å². The van der Waals surface area contributed by atoms with Crippen molar-refractivity contribution in [2.45, 2.75) is 45.2 Å². The summed E-state index contributed by atoms with van der Waals surface area (Å²) >= 11 is 0. The van der Waals surface area contributed by atoms with E-state index in [1.54, 1.807) is 27.7 Å². The number of nitrogens with zero attached hydrogens (tertiary/aromatic N) is 2. The zero-order valence-corrected chi connectivity index (χ0v) is 13.0. The second kappa shape index (κ2) is 5.33. The maximum absolute atomic E-state index is 12.4. The molecule has 2 rings (SSSR count). The zero-order valence-electron chi connectivity index (χ0n) is 13.0. The Bertz CT molecular complexity index is 594. The van der Waals surface area contributed by atoms with Crippen LogP contribution in [-0.4, -0.2) is 27.0 Å². The molecule has 1 fully saturated rings. The van der Waals surface area contributed by atoms with Crippen LogP contribution in [-0.2, 0) is 4.79 Å². The van der Waals surface area contributed by atoms with Crippen molar-refractivity contribution in [2.75, 3.05) is 0 Å². The van der Waals surface area contributed by atoms with Crippen molar-refractivity contribution in [1.82, 2.24) is 5.06 Å². The Hall–Kier alpha value is -1.99. The van der Waals surface area contributed by atoms with Crippen LogP contribution in [0.25, 0.3) is 0 Å². The number of non-ortho nitro benzene ring substituents is 1. The third-order valence-corrected chi connectivity index (χ3v) is 4.18. The summed E-state index contributed by atoms with van der Waals surface area (Å²) in [5.41, 5.74) is -1.57. The van der Waals surface area contributed by atoms with Gasteiger partial charge in [0.15, 0.2) is 0 Å². The molecule has 1 saturated heterocycles. The van der Waals surface area contributed by atoms with Gasteiger partial charge in [-0.15, -0.1) is 0 Å². The number of hydroxylamine groups is 2. The molecule has 1 atom stereocenters. The zero-order chi connectivity index (χ0) is 16.7. The van der Waals surface area contributed by atoms with Crippen molar-refractivity contribution in [2.24, 2.45) is 5.92 Å². The van der Waals surface area contributed by atoms with Crippen LogP contribution in [0.5, 0.6) is 5.75 Å². The maximum atomic E-state index is 12.4. The second-order valence-electron chi connectivity index (χ2n) is 6.69. The van der Waals surface area contributed by atoms with Gasteiger partial charge in [0.25, 0.3) is 5.69 Å². The molecule has 1 unspecified atom stereocenters. The van der Waals surface area contributed by atoms with E-state index in [1.165, 1.54) is 24.3 Å². The summed E-state index contributed by atoms with van der Waals surface area (Å²) in [6, 6.07) is 5.29. The Balaban J connectivity index is 2.14. The fraction of sp³-hybridized carbons (Fsp3) is 0.533. The molecule has 0 amide bonds. The van der Waals surface area contributed by atoms with Crippen LogP contribution in [0.4, 0.5) is 5.69 Å². The average molecular weight is 307 g/mol. The van der Waals surface area contributed by atoms with Crippen LogP contribution in [0.2, 0.25) is 0 Å². The summed E-state index contributed by atoms with van der Waals surface area (Å²) in [5.74, 6) is -0.825. The minimum absolute atomic E-state index is 0.0761. The predicted octanol–water partition coefficient (Wildman–Crippen LogP) is 2.88. The van der Waals surface area contributed by atoms with E-state index in [2.05, 4.69) is 0 Å². The summed E-state index contributed by atoms with van der Waals surface area (Å²) in [5, 5.41) is 23.8. The minimum atomic E-state index is -0.860. The van der Waals surface area contributed by atoms with Gasteiger partial charge in [0.05, 0.1) is 10.8 Å². The molecule has 0 bridgehead atoms. The fourth-order valence-corrected chi connectivity index (χ4v) is 2.95. The highest BCUT2D eigenvalue weighted by Gasteiger charge is 2.50. The largest absolute Gasteiger partial charge is 0.784 e. The minimum Gasteiger partial charge on any atom is -0.784 e. The molecule has 1 aromatic rings. The van der Waals surface area contributed by atoms with E-state index in [-0.39, 0.29) is 11.4 Å². The standard InChI is InChI=1S/C15H19N2O5/c1-14(2)9-12(15(3,4)17(14)21)13(18)22-11-7-5-10(6-8-11)16(19)20/h5-8,12H,9H2,1-4H3/q-1. The molecule has 22 heavy (non-hydrogen) atoms. The van der Waals surface area contributed by atoms with Crippen LogP contribution in [0, 0.1) is 21.2 Å². The van der Waals surface area contributed by atoms with Gasteiger partial charge in [-0.1, -0.05) is 0 Å². The SMILES string of the molecule is CC1(C)CC(C(=O)Oc2ccc([N+](=O)[O-])cc2)C(C)(C)N1[O-]. The lowest BCUT2D eigenvalue weighted by atomic mass is 9.87. The third-order valence-electron chi connectivity index (χ3n) is 4.18. The van der Waals surface area contributed by atoms with Crippen molar-refractivity contribution in [3.8, 4) is 5.75 Å². The number of benzene rings is 1. The van der Waals surface area contributed by atoms with Gasteiger partial charge in [-0.3, -0.25) is 14.9 Å². The number of nitro benzene ring substituents is 1. The molecular weight excluding hydrogens is 288 g/mol. The Morgan fingerprint density at radius 3 is 2.23 bits per heavy atom. The molecule has 0 saturated carbocycles. The lowest BCUT2D eigenvalue weighted by molar-refractivity contribution is -0.384. The molecule has 1 heterocycles. The number of rotatable bonds is 3. The third kappa shape index (κ3) is 2.82. The highest BCUT2D eigenvalue weighted by atomic mass is 16.6. The first kappa shape index (κ1) is 16.4. The van der Waals surface area contributed by atoms with Gasteiger partial charge >= 0.3 is 5.97 Å². The van der Waals surface area contributed by atoms with Crippen molar-refractivity contribution in [3.05, 3.63) is 39.6 Å². The molecule has 7 nitrogen and oxygen atoms in total. The van der Waals surface area contributed by atoms with E-state index in [0.717, 1.165) is 5.06 Å². The monoisotopic (exact) mass is 307 g/mol. The normalized spacial score (nSPS) is 23.2. The number of hydrogen-bond acceptors (Lipinski definition) is 6. The van der Waals surface area contributed by atoms with Crippen molar-refractivity contribution < 1.29 is 14.5 Å². The molecule has 0 aromatic heterocycles. The molecule has 0 N–H and O–H groups in total. The average Bonchev–Trinajstić information content (AvgIpc) is 2.59. The number of hydrogen-bond donors (Lipinski definition) is 0. The van der Waals surface area contributed by atoms with Crippen LogP contribution in [0.15, 0.2) is 24.3 Å².